The van der Waals surface area contributed by atoms with Crippen LogP contribution < -0.4 is 10.9 Å². The van der Waals surface area contributed by atoms with Gasteiger partial charge in [-0.1, -0.05) is 0 Å². The van der Waals surface area contributed by atoms with Gasteiger partial charge in [0, 0.05) is 35.4 Å². The number of nitrogens with one attached hydrogen (secondary N) is 1. The molecular weight excluding hydrogens is 386 g/mol. The van der Waals surface area contributed by atoms with Crippen LogP contribution in [0.2, 0.25) is 0 Å². The molecule has 0 fully saturated rings. The van der Waals surface area contributed by atoms with E-state index in [2.05, 4.69) is 16.8 Å². The Morgan fingerprint density at radius 1 is 1.03 bits per heavy atom. The number of rotatable bonds is 6. The fourth-order valence-corrected chi connectivity index (χ4v) is 4.33. The topological polar surface area (TPSA) is 72.5 Å². The summed E-state index contributed by atoms with van der Waals surface area (Å²) in [6.45, 7) is 6.45. The van der Waals surface area contributed by atoms with E-state index in [-0.39, 0.29) is 18.0 Å². The Morgan fingerprint density at radius 2 is 1.79 bits per heavy atom. The van der Waals surface area contributed by atoms with Crippen LogP contribution in [-0.4, -0.2) is 12.5 Å². The lowest BCUT2D eigenvalue weighted by atomic mass is 10.0. The number of fused-ring (bicyclic) bond motifs is 2. The van der Waals surface area contributed by atoms with Crippen LogP contribution in [0.5, 0.6) is 0 Å². The minimum absolute atomic E-state index is 0.0594. The summed E-state index contributed by atoms with van der Waals surface area (Å²) in [7, 11) is 0. The number of amides is 1. The molecule has 0 bridgehead atoms. The average Bonchev–Trinajstić information content (AvgIpc) is 3.29. The highest BCUT2D eigenvalue weighted by atomic mass is 32.1. The highest BCUT2D eigenvalue weighted by Crippen LogP contribution is 2.31. The second kappa shape index (κ2) is 7.87. The molecule has 4 aromatic rings. The third kappa shape index (κ3) is 3.85. The Balaban J connectivity index is 1.52. The zero-order chi connectivity index (χ0) is 20.5. The third-order valence-corrected chi connectivity index (χ3v) is 6.23. The molecule has 5 nitrogen and oxygen atoms in total. The average molecular weight is 410 g/mol. The van der Waals surface area contributed by atoms with Gasteiger partial charge in [0.05, 0.1) is 0 Å². The molecule has 0 saturated carbocycles. The smallest absolute Gasteiger partial charge is 0.339 e. The van der Waals surface area contributed by atoms with Crippen LogP contribution in [0, 0.1) is 20.8 Å². The molecule has 6 heteroatoms. The lowest BCUT2D eigenvalue weighted by Crippen LogP contribution is -2.26. The number of hydrogen-bond acceptors (Lipinski definition) is 5. The Labute approximate surface area is 172 Å². The summed E-state index contributed by atoms with van der Waals surface area (Å²) in [5, 5.41) is 8.93. The van der Waals surface area contributed by atoms with Crippen LogP contribution >= 0.6 is 11.3 Å². The number of hydrogen-bond donors (Lipinski definition) is 1. The van der Waals surface area contributed by atoms with Gasteiger partial charge in [-0.05, 0) is 73.2 Å². The van der Waals surface area contributed by atoms with Gasteiger partial charge >= 0.3 is 5.63 Å². The van der Waals surface area contributed by atoms with Crippen molar-refractivity contribution in [3.63, 3.8) is 0 Å². The van der Waals surface area contributed by atoms with E-state index in [1.54, 1.807) is 17.4 Å². The molecular formula is C23H23NO4S. The van der Waals surface area contributed by atoms with Gasteiger partial charge in [0.2, 0.25) is 5.91 Å². The first-order valence-corrected chi connectivity index (χ1v) is 10.6. The van der Waals surface area contributed by atoms with E-state index < -0.39 is 0 Å². The lowest BCUT2D eigenvalue weighted by molar-refractivity contribution is -0.121. The third-order valence-electron chi connectivity index (χ3n) is 5.50. The normalized spacial score (nSPS) is 11.4. The van der Waals surface area contributed by atoms with Gasteiger partial charge < -0.3 is 14.2 Å². The second-order valence-electron chi connectivity index (χ2n) is 7.35. The molecule has 0 unspecified atom stereocenters. The van der Waals surface area contributed by atoms with Crippen molar-refractivity contribution < 1.29 is 13.6 Å². The molecule has 0 atom stereocenters. The molecule has 1 N–H and O–H groups in total. The van der Waals surface area contributed by atoms with E-state index in [4.69, 9.17) is 8.83 Å². The molecule has 0 aliphatic heterocycles. The number of benzene rings is 1. The first-order chi connectivity index (χ1) is 13.9. The van der Waals surface area contributed by atoms with Gasteiger partial charge in [-0.3, -0.25) is 4.79 Å². The molecule has 4 rings (SSSR count). The monoisotopic (exact) mass is 409 g/mol. The van der Waals surface area contributed by atoms with Gasteiger partial charge in [0.15, 0.2) is 0 Å². The fourth-order valence-electron chi connectivity index (χ4n) is 3.62. The predicted octanol–water partition coefficient (Wildman–Crippen LogP) is 4.82. The van der Waals surface area contributed by atoms with E-state index in [1.807, 2.05) is 32.2 Å². The summed E-state index contributed by atoms with van der Waals surface area (Å²) >= 11 is 1.65. The van der Waals surface area contributed by atoms with Crippen molar-refractivity contribution >= 4 is 39.2 Å². The van der Waals surface area contributed by atoms with Crippen molar-refractivity contribution in [2.24, 2.45) is 0 Å². The zero-order valence-corrected chi connectivity index (χ0v) is 17.6. The maximum atomic E-state index is 12.5. The summed E-state index contributed by atoms with van der Waals surface area (Å²) in [4.78, 5) is 24.7. The van der Waals surface area contributed by atoms with E-state index in [1.165, 1.54) is 5.56 Å². The zero-order valence-electron chi connectivity index (χ0n) is 16.8. The molecule has 150 valence electrons. The van der Waals surface area contributed by atoms with Gasteiger partial charge in [-0.15, -0.1) is 0 Å². The van der Waals surface area contributed by atoms with Crippen LogP contribution in [0.1, 0.15) is 34.4 Å². The molecule has 0 radical (unpaired) electrons. The number of aryl methyl sites for hydroxylation is 3. The molecule has 1 amide bonds. The molecule has 0 aliphatic rings. The van der Waals surface area contributed by atoms with Crippen molar-refractivity contribution in [1.82, 2.24) is 5.32 Å². The van der Waals surface area contributed by atoms with Gasteiger partial charge in [0.25, 0.3) is 0 Å². The SMILES string of the molecule is Cc1oc2cc3oc(=O)c(CCC(=O)NCCc4ccsc4)c(C)c3cc2c1C. The standard InChI is InChI=1S/C23H23NO4S/c1-13-15(3)27-20-11-21-19(10-18(13)20)14(2)17(23(26)28-21)4-5-22(25)24-8-6-16-7-9-29-12-16/h7,9-12H,4-6,8H2,1-3H3,(H,24,25). The minimum atomic E-state index is -0.388. The van der Waals surface area contributed by atoms with E-state index in [0.717, 1.165) is 34.1 Å². The van der Waals surface area contributed by atoms with Crippen molar-refractivity contribution in [1.29, 1.82) is 0 Å². The van der Waals surface area contributed by atoms with Crippen molar-refractivity contribution in [2.45, 2.75) is 40.0 Å². The van der Waals surface area contributed by atoms with Crippen molar-refractivity contribution in [2.75, 3.05) is 6.54 Å². The maximum absolute atomic E-state index is 12.5. The summed E-state index contributed by atoms with van der Waals surface area (Å²) in [6.07, 6.45) is 1.43. The number of carbonyl (C=O) groups excluding carboxylic acids is 1. The Morgan fingerprint density at radius 3 is 2.55 bits per heavy atom. The fraction of sp³-hybridized carbons (Fsp3) is 0.304. The molecule has 0 aliphatic carbocycles. The summed E-state index contributed by atoms with van der Waals surface area (Å²) in [5.41, 5.74) is 4.56. The second-order valence-corrected chi connectivity index (χ2v) is 8.13. The molecule has 3 heterocycles. The summed E-state index contributed by atoms with van der Waals surface area (Å²) < 4.78 is 11.3. The first-order valence-electron chi connectivity index (χ1n) is 9.68. The van der Waals surface area contributed by atoms with Gasteiger partial charge in [-0.25, -0.2) is 4.79 Å². The quantitative estimate of drug-likeness (QED) is 0.464. The van der Waals surface area contributed by atoms with Crippen LogP contribution in [0.15, 0.2) is 42.6 Å². The molecule has 3 aromatic heterocycles. The van der Waals surface area contributed by atoms with Crippen LogP contribution in [0.4, 0.5) is 0 Å². The van der Waals surface area contributed by atoms with Gasteiger partial charge in [-0.2, -0.15) is 11.3 Å². The number of carbonyl (C=O) groups is 1. The summed E-state index contributed by atoms with van der Waals surface area (Å²) in [5.74, 6) is 0.797. The van der Waals surface area contributed by atoms with Crippen LogP contribution in [0.3, 0.4) is 0 Å². The van der Waals surface area contributed by atoms with Gasteiger partial charge in [0.1, 0.15) is 16.9 Å². The van der Waals surface area contributed by atoms with E-state index in [0.29, 0.717) is 29.7 Å². The van der Waals surface area contributed by atoms with Crippen LogP contribution in [-0.2, 0) is 17.6 Å². The molecule has 29 heavy (non-hydrogen) atoms. The maximum Gasteiger partial charge on any atom is 0.339 e. The Hall–Kier alpha value is -2.86. The van der Waals surface area contributed by atoms with Crippen molar-refractivity contribution in [3.05, 3.63) is 67.4 Å². The highest BCUT2D eigenvalue weighted by Gasteiger charge is 2.16. The minimum Gasteiger partial charge on any atom is -0.461 e. The van der Waals surface area contributed by atoms with E-state index >= 15 is 0 Å². The molecule has 1 aromatic carbocycles. The Kier molecular flexibility index (Phi) is 5.28. The summed E-state index contributed by atoms with van der Waals surface area (Å²) in [6, 6.07) is 5.85. The Bertz CT molecular complexity index is 1250. The molecule has 0 spiro atoms. The first kappa shape index (κ1) is 19.5. The largest absolute Gasteiger partial charge is 0.461 e. The molecule has 0 saturated heterocycles. The lowest BCUT2D eigenvalue weighted by Gasteiger charge is -2.08. The highest BCUT2D eigenvalue weighted by molar-refractivity contribution is 7.07. The predicted molar refractivity (Wildman–Crippen MR) is 116 cm³/mol. The van der Waals surface area contributed by atoms with Crippen molar-refractivity contribution in [3.8, 4) is 0 Å². The number of furan rings is 1. The number of thiophene rings is 1. The van der Waals surface area contributed by atoms with E-state index in [9.17, 15) is 9.59 Å². The van der Waals surface area contributed by atoms with Crippen LogP contribution in [0.25, 0.3) is 21.9 Å².